The van der Waals surface area contributed by atoms with Crippen molar-refractivity contribution in [2.24, 2.45) is 0 Å². The predicted molar refractivity (Wildman–Crippen MR) is 44.9 cm³/mol. The predicted octanol–water partition coefficient (Wildman–Crippen LogP) is -8.33. The Hall–Kier alpha value is 0.0700. The van der Waals surface area contributed by atoms with Crippen molar-refractivity contribution in [1.82, 2.24) is 0 Å². The first-order valence-corrected chi connectivity index (χ1v) is 5.21. The van der Waals surface area contributed by atoms with E-state index >= 15 is 0 Å². The SMILES string of the molecule is O=C([O-])c1ccc(C(=O)[O-])c(S(=O)(=O)O)c1.[Na+].[Na+]. The molecule has 0 saturated heterocycles. The van der Waals surface area contributed by atoms with E-state index < -0.39 is 38.1 Å². The van der Waals surface area contributed by atoms with Crippen LogP contribution < -0.4 is 69.3 Å². The Bertz CT molecular complexity index is 567. The van der Waals surface area contributed by atoms with Crippen molar-refractivity contribution in [2.75, 3.05) is 0 Å². The van der Waals surface area contributed by atoms with Gasteiger partial charge in [-0.2, -0.15) is 8.42 Å². The van der Waals surface area contributed by atoms with Crippen LogP contribution in [0.15, 0.2) is 23.1 Å². The van der Waals surface area contributed by atoms with Gasteiger partial charge >= 0.3 is 59.1 Å². The molecular formula is C8H4Na2O7S. The summed E-state index contributed by atoms with van der Waals surface area (Å²) in [5.74, 6) is -3.55. The van der Waals surface area contributed by atoms with Crippen molar-refractivity contribution in [3.05, 3.63) is 29.3 Å². The van der Waals surface area contributed by atoms with Crippen molar-refractivity contribution in [3.63, 3.8) is 0 Å². The minimum Gasteiger partial charge on any atom is -0.545 e. The molecule has 0 aliphatic carbocycles. The topological polar surface area (TPSA) is 135 Å². The van der Waals surface area contributed by atoms with Crippen LogP contribution in [0.5, 0.6) is 0 Å². The molecule has 7 nitrogen and oxygen atoms in total. The number of carboxylic acids is 2. The Balaban J connectivity index is 0. The average Bonchev–Trinajstić information content (AvgIpc) is 2.15. The van der Waals surface area contributed by atoms with Gasteiger partial charge in [0.2, 0.25) is 0 Å². The summed E-state index contributed by atoms with van der Waals surface area (Å²) in [6, 6.07) is 2.01. The zero-order chi connectivity index (χ0) is 12.5. The van der Waals surface area contributed by atoms with Gasteiger partial charge < -0.3 is 19.8 Å². The van der Waals surface area contributed by atoms with Crippen molar-refractivity contribution in [3.8, 4) is 0 Å². The summed E-state index contributed by atoms with van der Waals surface area (Å²) in [6.07, 6.45) is 0. The molecule has 0 spiro atoms. The Labute approximate surface area is 147 Å². The fraction of sp³-hybridized carbons (Fsp3) is 0. The second-order valence-corrected chi connectivity index (χ2v) is 4.15. The van der Waals surface area contributed by atoms with Gasteiger partial charge in [-0.15, -0.1) is 0 Å². The fourth-order valence-corrected chi connectivity index (χ4v) is 1.74. The Morgan fingerprint density at radius 3 is 1.89 bits per heavy atom. The molecule has 0 aromatic heterocycles. The van der Waals surface area contributed by atoms with Crippen LogP contribution in [0.4, 0.5) is 0 Å². The van der Waals surface area contributed by atoms with Crippen LogP contribution >= 0.6 is 0 Å². The largest absolute Gasteiger partial charge is 1.00 e. The van der Waals surface area contributed by atoms with E-state index in [1.165, 1.54) is 0 Å². The van der Waals surface area contributed by atoms with E-state index in [9.17, 15) is 28.2 Å². The molecule has 10 heteroatoms. The van der Waals surface area contributed by atoms with E-state index in [4.69, 9.17) is 4.55 Å². The molecule has 1 N–H and O–H groups in total. The van der Waals surface area contributed by atoms with Crippen LogP contribution in [0.25, 0.3) is 0 Å². The van der Waals surface area contributed by atoms with Crippen LogP contribution in [0.2, 0.25) is 0 Å². The Morgan fingerprint density at radius 1 is 1.06 bits per heavy atom. The molecule has 0 unspecified atom stereocenters. The number of rotatable bonds is 3. The molecule has 0 bridgehead atoms. The first-order chi connectivity index (χ1) is 7.23. The molecule has 86 valence electrons. The van der Waals surface area contributed by atoms with E-state index in [0.717, 1.165) is 6.07 Å². The minimum absolute atomic E-state index is 0. The molecule has 0 aliphatic heterocycles. The van der Waals surface area contributed by atoms with Crippen LogP contribution in [0.1, 0.15) is 20.7 Å². The van der Waals surface area contributed by atoms with Gasteiger partial charge in [-0.1, -0.05) is 12.1 Å². The quantitative estimate of drug-likeness (QED) is 0.431. The summed E-state index contributed by atoms with van der Waals surface area (Å²) in [5.41, 5.74) is -1.40. The zero-order valence-corrected chi connectivity index (χ0v) is 14.4. The minimum atomic E-state index is -4.85. The number of benzene rings is 1. The van der Waals surface area contributed by atoms with E-state index in [1.54, 1.807) is 0 Å². The number of carbonyl (C=O) groups is 2. The standard InChI is InChI=1S/C8H6O7S.2Na/c9-7(10)4-1-2-5(8(11)12)6(3-4)16(13,14)15;;/h1-3H,(H,9,10)(H,11,12)(H,13,14,15);;/q;2*+1/p-2. The maximum Gasteiger partial charge on any atom is 1.00 e. The van der Waals surface area contributed by atoms with E-state index in [2.05, 4.69) is 0 Å². The van der Waals surface area contributed by atoms with Gasteiger partial charge in [0.15, 0.2) is 0 Å². The third-order valence-corrected chi connectivity index (χ3v) is 2.61. The first-order valence-electron chi connectivity index (χ1n) is 3.77. The summed E-state index contributed by atoms with van der Waals surface area (Å²) < 4.78 is 30.3. The molecule has 0 atom stereocenters. The number of hydrogen-bond donors (Lipinski definition) is 1. The van der Waals surface area contributed by atoms with Crippen molar-refractivity contribution in [2.45, 2.75) is 4.90 Å². The first kappa shape index (κ1) is 20.4. The second-order valence-electron chi connectivity index (χ2n) is 2.76. The maximum absolute atomic E-state index is 10.8. The molecule has 0 heterocycles. The number of hydrogen-bond acceptors (Lipinski definition) is 6. The number of carbonyl (C=O) groups excluding carboxylic acids is 2. The fourth-order valence-electron chi connectivity index (χ4n) is 1.03. The molecule has 0 aliphatic rings. The van der Waals surface area contributed by atoms with Gasteiger partial charge in [0.25, 0.3) is 10.1 Å². The van der Waals surface area contributed by atoms with Gasteiger partial charge in [-0.25, -0.2) is 0 Å². The average molecular weight is 290 g/mol. The molecule has 0 fully saturated rings. The van der Waals surface area contributed by atoms with E-state index in [-0.39, 0.29) is 59.1 Å². The monoisotopic (exact) mass is 290 g/mol. The zero-order valence-electron chi connectivity index (χ0n) is 9.54. The normalized spacial score (nSPS) is 9.83. The molecule has 0 radical (unpaired) electrons. The van der Waals surface area contributed by atoms with Gasteiger partial charge in [0, 0.05) is 5.56 Å². The maximum atomic E-state index is 10.8. The summed E-state index contributed by atoms with van der Waals surface area (Å²) in [4.78, 5) is 19.9. The van der Waals surface area contributed by atoms with Crippen LogP contribution in [-0.2, 0) is 10.1 Å². The Morgan fingerprint density at radius 2 is 1.56 bits per heavy atom. The van der Waals surface area contributed by atoms with Crippen LogP contribution in [0.3, 0.4) is 0 Å². The molecule has 1 rings (SSSR count). The Kier molecular flexibility index (Phi) is 8.62. The number of aromatic carboxylic acids is 2. The van der Waals surface area contributed by atoms with Gasteiger partial charge in [0.05, 0.1) is 11.9 Å². The molecule has 1 aromatic rings. The molecule has 18 heavy (non-hydrogen) atoms. The van der Waals surface area contributed by atoms with Gasteiger partial charge in [-0.05, 0) is 11.6 Å². The third kappa shape index (κ3) is 4.98. The van der Waals surface area contributed by atoms with Crippen LogP contribution in [0, 0.1) is 0 Å². The van der Waals surface area contributed by atoms with Gasteiger partial charge in [-0.3, -0.25) is 4.55 Å². The molecule has 0 saturated carbocycles. The van der Waals surface area contributed by atoms with Crippen molar-refractivity contribution < 1.29 is 91.9 Å². The summed E-state index contributed by atoms with van der Waals surface area (Å²) in [6.45, 7) is 0. The second kappa shape index (κ2) is 7.61. The van der Waals surface area contributed by atoms with Crippen molar-refractivity contribution in [1.29, 1.82) is 0 Å². The summed E-state index contributed by atoms with van der Waals surface area (Å²) >= 11 is 0. The molecular weight excluding hydrogens is 286 g/mol. The summed E-state index contributed by atoms with van der Waals surface area (Å²) in [7, 11) is -4.85. The van der Waals surface area contributed by atoms with Crippen LogP contribution in [-0.4, -0.2) is 24.9 Å². The number of carboxylic acid groups (broad SMARTS) is 2. The van der Waals surface area contributed by atoms with E-state index in [0.29, 0.717) is 12.1 Å². The van der Waals surface area contributed by atoms with Crippen molar-refractivity contribution >= 4 is 22.1 Å². The van der Waals surface area contributed by atoms with E-state index in [1.807, 2.05) is 0 Å². The third-order valence-electron chi connectivity index (χ3n) is 1.72. The summed E-state index contributed by atoms with van der Waals surface area (Å²) in [5, 5.41) is 20.9. The molecule has 1 aromatic carbocycles. The molecule has 0 amide bonds. The smallest absolute Gasteiger partial charge is 0.545 e. The van der Waals surface area contributed by atoms with Gasteiger partial charge in [0.1, 0.15) is 4.90 Å².